The number of amides is 1. The summed E-state index contributed by atoms with van der Waals surface area (Å²) in [6, 6.07) is 10.5. The molecule has 1 aliphatic rings. The van der Waals surface area contributed by atoms with Gasteiger partial charge in [0.2, 0.25) is 15.9 Å². The van der Waals surface area contributed by atoms with Crippen LogP contribution >= 0.6 is 0 Å². The third-order valence-corrected chi connectivity index (χ3v) is 6.49. The normalized spacial score (nSPS) is 17.8. The molecule has 1 aromatic heterocycles. The summed E-state index contributed by atoms with van der Waals surface area (Å²) < 4.78 is 27.1. The summed E-state index contributed by atoms with van der Waals surface area (Å²) in [6.45, 7) is 1.98. The van der Waals surface area contributed by atoms with Gasteiger partial charge in [-0.15, -0.1) is 0 Å². The van der Waals surface area contributed by atoms with Crippen molar-refractivity contribution in [2.75, 3.05) is 18.4 Å². The molecule has 0 aliphatic carbocycles. The first-order chi connectivity index (χ1) is 13.3. The van der Waals surface area contributed by atoms with Crippen LogP contribution in [0.4, 0.5) is 11.5 Å². The van der Waals surface area contributed by atoms with Gasteiger partial charge in [0.1, 0.15) is 5.82 Å². The number of nitrogens with one attached hydrogen (secondary N) is 1. The van der Waals surface area contributed by atoms with Crippen LogP contribution in [0.1, 0.15) is 18.5 Å². The Labute approximate surface area is 162 Å². The van der Waals surface area contributed by atoms with E-state index in [9.17, 15) is 23.3 Å². The number of nitro groups is 1. The van der Waals surface area contributed by atoms with Crippen LogP contribution in [0.25, 0.3) is 0 Å². The van der Waals surface area contributed by atoms with Crippen LogP contribution in [0, 0.1) is 23.0 Å². The summed E-state index contributed by atoms with van der Waals surface area (Å²) in [5.41, 5.74) is 0.278. The van der Waals surface area contributed by atoms with Crippen molar-refractivity contribution in [3.8, 4) is 0 Å². The molecule has 3 rings (SSSR count). The molecule has 0 spiro atoms. The maximum absolute atomic E-state index is 13.0. The highest BCUT2D eigenvalue weighted by atomic mass is 32.2. The second-order valence-electron chi connectivity index (χ2n) is 6.58. The van der Waals surface area contributed by atoms with Crippen LogP contribution in [-0.2, 0) is 14.8 Å². The van der Waals surface area contributed by atoms with E-state index < -0.39 is 26.6 Å². The first kappa shape index (κ1) is 19.9. The number of piperidine rings is 1. The number of pyridine rings is 1. The predicted octanol–water partition coefficient (Wildman–Crippen LogP) is 2.34. The van der Waals surface area contributed by atoms with Crippen molar-refractivity contribution in [3.05, 3.63) is 58.3 Å². The van der Waals surface area contributed by atoms with Gasteiger partial charge in [0.15, 0.2) is 4.90 Å². The minimum atomic E-state index is -4.09. The number of carbonyl (C=O) groups excluding carboxylic acids is 1. The van der Waals surface area contributed by atoms with E-state index in [2.05, 4.69) is 10.3 Å². The SMILES string of the molecule is Cc1cccc(NC(=O)C2CCCN(S(=O)(=O)c3ccccc3[N+](=O)[O-])C2)n1. The van der Waals surface area contributed by atoms with Gasteiger partial charge in [0.25, 0.3) is 5.69 Å². The molecule has 2 heterocycles. The zero-order valence-corrected chi connectivity index (χ0v) is 16.1. The predicted molar refractivity (Wildman–Crippen MR) is 102 cm³/mol. The number of sulfonamides is 1. The summed E-state index contributed by atoms with van der Waals surface area (Å²) in [7, 11) is -4.09. The van der Waals surface area contributed by atoms with Gasteiger partial charge in [-0.3, -0.25) is 14.9 Å². The largest absolute Gasteiger partial charge is 0.310 e. The van der Waals surface area contributed by atoms with Gasteiger partial charge in [0.05, 0.1) is 10.8 Å². The van der Waals surface area contributed by atoms with E-state index in [-0.39, 0.29) is 23.9 Å². The standard InChI is InChI=1S/C18H20N4O5S/c1-13-6-4-10-17(19-13)20-18(23)14-7-5-11-21(12-14)28(26,27)16-9-3-2-8-15(16)22(24)25/h2-4,6,8-10,14H,5,7,11-12H2,1H3,(H,19,20,23). The maximum Gasteiger partial charge on any atom is 0.289 e. The minimum absolute atomic E-state index is 0.0357. The van der Waals surface area contributed by atoms with E-state index in [0.717, 1.165) is 16.1 Å². The Morgan fingerprint density at radius 3 is 2.71 bits per heavy atom. The summed E-state index contributed by atoms with van der Waals surface area (Å²) >= 11 is 0. The van der Waals surface area contributed by atoms with E-state index in [1.807, 2.05) is 0 Å². The van der Waals surface area contributed by atoms with E-state index in [1.165, 1.54) is 18.2 Å². The fourth-order valence-electron chi connectivity index (χ4n) is 3.18. The maximum atomic E-state index is 13.0. The molecule has 1 atom stereocenters. The van der Waals surface area contributed by atoms with Crippen molar-refractivity contribution in [1.82, 2.24) is 9.29 Å². The van der Waals surface area contributed by atoms with Crippen LogP contribution in [0.2, 0.25) is 0 Å². The highest BCUT2D eigenvalue weighted by molar-refractivity contribution is 7.89. The molecular formula is C18H20N4O5S. The number of rotatable bonds is 5. The van der Waals surface area contributed by atoms with E-state index >= 15 is 0 Å². The second kappa shape index (κ2) is 8.03. The van der Waals surface area contributed by atoms with Gasteiger partial charge >= 0.3 is 0 Å². The van der Waals surface area contributed by atoms with Gasteiger partial charge in [-0.2, -0.15) is 4.31 Å². The van der Waals surface area contributed by atoms with Crippen LogP contribution in [0.5, 0.6) is 0 Å². The molecule has 1 N–H and O–H groups in total. The molecule has 1 aromatic carbocycles. The number of aryl methyl sites for hydroxylation is 1. The second-order valence-corrected chi connectivity index (χ2v) is 8.49. The number of hydrogen-bond donors (Lipinski definition) is 1. The fourth-order valence-corrected chi connectivity index (χ4v) is 4.86. The molecule has 1 unspecified atom stereocenters. The molecule has 1 amide bonds. The van der Waals surface area contributed by atoms with Crippen molar-refractivity contribution in [2.24, 2.45) is 5.92 Å². The minimum Gasteiger partial charge on any atom is -0.310 e. The zero-order chi connectivity index (χ0) is 20.3. The van der Waals surface area contributed by atoms with E-state index in [0.29, 0.717) is 18.7 Å². The molecule has 0 saturated carbocycles. The molecule has 0 radical (unpaired) electrons. The van der Waals surface area contributed by atoms with E-state index in [4.69, 9.17) is 0 Å². The van der Waals surface area contributed by atoms with Gasteiger partial charge in [-0.05, 0) is 38.0 Å². The van der Waals surface area contributed by atoms with Crippen molar-refractivity contribution in [2.45, 2.75) is 24.7 Å². The Balaban J connectivity index is 1.79. The van der Waals surface area contributed by atoms with Crippen LogP contribution in [0.3, 0.4) is 0 Å². The average molecular weight is 404 g/mol. The van der Waals surface area contributed by atoms with Gasteiger partial charge in [-0.25, -0.2) is 13.4 Å². The van der Waals surface area contributed by atoms with Crippen LogP contribution in [0.15, 0.2) is 47.4 Å². The molecule has 10 heteroatoms. The number of carbonyl (C=O) groups is 1. The number of anilines is 1. The zero-order valence-electron chi connectivity index (χ0n) is 15.2. The van der Waals surface area contributed by atoms with Crippen molar-refractivity contribution in [1.29, 1.82) is 0 Å². The molecule has 9 nitrogen and oxygen atoms in total. The molecule has 0 bridgehead atoms. The number of benzene rings is 1. The fraction of sp³-hybridized carbons (Fsp3) is 0.333. The van der Waals surface area contributed by atoms with Gasteiger partial charge in [-0.1, -0.05) is 18.2 Å². The van der Waals surface area contributed by atoms with Crippen molar-refractivity contribution < 1.29 is 18.1 Å². The molecule has 148 valence electrons. The number of nitro benzene ring substituents is 1. The lowest BCUT2D eigenvalue weighted by Crippen LogP contribution is -2.43. The molecule has 2 aromatic rings. The summed E-state index contributed by atoms with van der Waals surface area (Å²) in [6.07, 6.45) is 1.01. The van der Waals surface area contributed by atoms with Crippen LogP contribution < -0.4 is 5.32 Å². The lowest BCUT2D eigenvalue weighted by atomic mass is 9.99. The number of nitrogens with zero attached hydrogens (tertiary/aromatic N) is 3. The molecule has 1 fully saturated rings. The molecular weight excluding hydrogens is 384 g/mol. The lowest BCUT2D eigenvalue weighted by Gasteiger charge is -2.31. The summed E-state index contributed by atoms with van der Waals surface area (Å²) in [5.74, 6) is -0.474. The van der Waals surface area contributed by atoms with Crippen LogP contribution in [-0.4, -0.2) is 41.6 Å². The van der Waals surface area contributed by atoms with Crippen molar-refractivity contribution in [3.63, 3.8) is 0 Å². The molecule has 28 heavy (non-hydrogen) atoms. The van der Waals surface area contributed by atoms with Crippen molar-refractivity contribution >= 4 is 27.4 Å². The Morgan fingerprint density at radius 1 is 1.25 bits per heavy atom. The Bertz CT molecular complexity index is 1010. The van der Waals surface area contributed by atoms with Gasteiger partial charge in [0, 0.05) is 24.8 Å². The Hall–Kier alpha value is -2.85. The highest BCUT2D eigenvalue weighted by Gasteiger charge is 2.36. The van der Waals surface area contributed by atoms with E-state index in [1.54, 1.807) is 25.1 Å². The summed E-state index contributed by atoms with van der Waals surface area (Å²) in [5, 5.41) is 13.9. The highest BCUT2D eigenvalue weighted by Crippen LogP contribution is 2.29. The monoisotopic (exact) mass is 404 g/mol. The van der Waals surface area contributed by atoms with Gasteiger partial charge < -0.3 is 5.32 Å². The first-order valence-electron chi connectivity index (χ1n) is 8.77. The average Bonchev–Trinajstić information content (AvgIpc) is 2.68. The Morgan fingerprint density at radius 2 is 2.00 bits per heavy atom. The number of para-hydroxylation sites is 1. The quantitative estimate of drug-likeness (QED) is 0.603. The first-order valence-corrected chi connectivity index (χ1v) is 10.2. The topological polar surface area (TPSA) is 123 Å². The molecule has 1 aliphatic heterocycles. The smallest absolute Gasteiger partial charge is 0.289 e. The lowest BCUT2D eigenvalue weighted by molar-refractivity contribution is -0.387. The summed E-state index contributed by atoms with van der Waals surface area (Å²) in [4.78, 5) is 26.9. The third kappa shape index (κ3) is 4.18. The number of hydrogen-bond acceptors (Lipinski definition) is 6. The molecule has 1 saturated heterocycles. The Kier molecular flexibility index (Phi) is 5.71. The number of aromatic nitrogens is 1. The third-order valence-electron chi connectivity index (χ3n) is 4.57.